The molecular formula is C21H20N2O3. The highest BCUT2D eigenvalue weighted by Crippen LogP contribution is 2.24. The topological polar surface area (TPSA) is 60.5 Å². The van der Waals surface area contributed by atoms with Gasteiger partial charge in [-0.3, -0.25) is 9.78 Å². The second-order valence-electron chi connectivity index (χ2n) is 5.68. The Bertz CT molecular complexity index is 878. The van der Waals surface area contributed by atoms with Crippen LogP contribution in [0.1, 0.15) is 15.9 Å². The number of methoxy groups -OCH3 is 2. The molecule has 5 heteroatoms. The fourth-order valence-corrected chi connectivity index (χ4v) is 2.62. The van der Waals surface area contributed by atoms with Crippen LogP contribution in [0, 0.1) is 0 Å². The molecule has 3 aromatic rings. The first-order valence-electron chi connectivity index (χ1n) is 8.21. The van der Waals surface area contributed by atoms with Crippen molar-refractivity contribution >= 4 is 5.91 Å². The van der Waals surface area contributed by atoms with Gasteiger partial charge in [0.15, 0.2) is 0 Å². The summed E-state index contributed by atoms with van der Waals surface area (Å²) in [7, 11) is 3.20. The lowest BCUT2D eigenvalue weighted by molar-refractivity contribution is 0.0950. The SMILES string of the molecule is COc1ccc(CNC(=O)c2ccc(-c3cccnc3)cc2)c(OC)c1. The van der Waals surface area contributed by atoms with E-state index in [1.807, 2.05) is 48.5 Å². The molecule has 0 aliphatic heterocycles. The molecule has 0 spiro atoms. The second kappa shape index (κ2) is 8.16. The first-order chi connectivity index (χ1) is 12.7. The maximum atomic E-state index is 12.4. The maximum Gasteiger partial charge on any atom is 0.251 e. The number of nitrogens with one attached hydrogen (secondary N) is 1. The summed E-state index contributed by atoms with van der Waals surface area (Å²) in [6, 6.07) is 16.8. The van der Waals surface area contributed by atoms with E-state index >= 15 is 0 Å². The van der Waals surface area contributed by atoms with E-state index in [2.05, 4.69) is 10.3 Å². The minimum absolute atomic E-state index is 0.138. The molecule has 1 heterocycles. The first kappa shape index (κ1) is 17.5. The molecule has 0 radical (unpaired) electrons. The highest BCUT2D eigenvalue weighted by Gasteiger charge is 2.09. The molecule has 0 bridgehead atoms. The Hall–Kier alpha value is -3.34. The number of hydrogen-bond donors (Lipinski definition) is 1. The molecule has 3 rings (SSSR count). The predicted molar refractivity (Wildman–Crippen MR) is 100 cm³/mol. The lowest BCUT2D eigenvalue weighted by atomic mass is 10.1. The molecule has 26 heavy (non-hydrogen) atoms. The molecule has 0 atom stereocenters. The summed E-state index contributed by atoms with van der Waals surface area (Å²) in [6.45, 7) is 0.371. The zero-order valence-electron chi connectivity index (χ0n) is 14.7. The fourth-order valence-electron chi connectivity index (χ4n) is 2.62. The van der Waals surface area contributed by atoms with Gasteiger partial charge in [-0.1, -0.05) is 18.2 Å². The summed E-state index contributed by atoms with van der Waals surface area (Å²) in [5.74, 6) is 1.25. The Balaban J connectivity index is 1.67. The minimum atomic E-state index is -0.138. The molecule has 132 valence electrons. The van der Waals surface area contributed by atoms with Crippen molar-refractivity contribution in [3.8, 4) is 22.6 Å². The van der Waals surface area contributed by atoms with Crippen molar-refractivity contribution in [2.24, 2.45) is 0 Å². The Morgan fingerprint density at radius 1 is 1.00 bits per heavy atom. The standard InChI is InChI=1S/C21H20N2O3/c1-25-19-10-9-18(20(12-19)26-2)14-23-21(24)16-7-5-15(6-8-16)17-4-3-11-22-13-17/h3-13H,14H2,1-2H3,(H,23,24). The van der Waals surface area contributed by atoms with Gasteiger partial charge in [0, 0.05) is 36.1 Å². The zero-order chi connectivity index (χ0) is 18.4. The predicted octanol–water partition coefficient (Wildman–Crippen LogP) is 3.70. The lowest BCUT2D eigenvalue weighted by Crippen LogP contribution is -2.23. The molecular weight excluding hydrogens is 328 g/mol. The van der Waals surface area contributed by atoms with E-state index in [1.54, 1.807) is 32.7 Å². The monoisotopic (exact) mass is 348 g/mol. The maximum absolute atomic E-state index is 12.4. The number of carbonyl (C=O) groups is 1. The molecule has 0 unspecified atom stereocenters. The summed E-state index contributed by atoms with van der Waals surface area (Å²) in [4.78, 5) is 16.5. The molecule has 0 aliphatic carbocycles. The van der Waals surface area contributed by atoms with Crippen molar-refractivity contribution < 1.29 is 14.3 Å². The van der Waals surface area contributed by atoms with Gasteiger partial charge in [0.2, 0.25) is 0 Å². The summed E-state index contributed by atoms with van der Waals surface area (Å²) >= 11 is 0. The zero-order valence-corrected chi connectivity index (χ0v) is 14.7. The second-order valence-corrected chi connectivity index (χ2v) is 5.68. The molecule has 0 saturated carbocycles. The Morgan fingerprint density at radius 3 is 2.46 bits per heavy atom. The third-order valence-corrected chi connectivity index (χ3v) is 4.08. The van der Waals surface area contributed by atoms with Gasteiger partial charge in [0.05, 0.1) is 14.2 Å². The smallest absolute Gasteiger partial charge is 0.251 e. The van der Waals surface area contributed by atoms with E-state index in [1.165, 1.54) is 0 Å². The summed E-state index contributed by atoms with van der Waals surface area (Å²) < 4.78 is 10.5. The molecule has 0 fully saturated rings. The van der Waals surface area contributed by atoms with Gasteiger partial charge < -0.3 is 14.8 Å². The number of pyridine rings is 1. The van der Waals surface area contributed by atoms with E-state index in [9.17, 15) is 4.79 Å². The van der Waals surface area contributed by atoms with E-state index < -0.39 is 0 Å². The molecule has 2 aromatic carbocycles. The van der Waals surface area contributed by atoms with Crippen LogP contribution in [0.2, 0.25) is 0 Å². The van der Waals surface area contributed by atoms with E-state index in [0.29, 0.717) is 23.6 Å². The highest BCUT2D eigenvalue weighted by atomic mass is 16.5. The Labute approximate surface area is 152 Å². The highest BCUT2D eigenvalue weighted by molar-refractivity contribution is 5.94. The minimum Gasteiger partial charge on any atom is -0.497 e. The van der Waals surface area contributed by atoms with Gasteiger partial charge in [-0.05, 0) is 41.5 Å². The van der Waals surface area contributed by atoms with Gasteiger partial charge in [-0.15, -0.1) is 0 Å². The van der Waals surface area contributed by atoms with Crippen molar-refractivity contribution in [1.29, 1.82) is 0 Å². The van der Waals surface area contributed by atoms with Crippen LogP contribution in [0.5, 0.6) is 11.5 Å². The van der Waals surface area contributed by atoms with E-state index in [-0.39, 0.29) is 5.91 Å². The van der Waals surface area contributed by atoms with Gasteiger partial charge in [-0.25, -0.2) is 0 Å². The van der Waals surface area contributed by atoms with Crippen LogP contribution >= 0.6 is 0 Å². The Kier molecular flexibility index (Phi) is 5.49. The molecule has 0 saturated heterocycles. The molecule has 5 nitrogen and oxygen atoms in total. The molecule has 1 amide bonds. The number of rotatable bonds is 6. The third kappa shape index (κ3) is 4.00. The Morgan fingerprint density at radius 2 is 1.81 bits per heavy atom. The van der Waals surface area contributed by atoms with Crippen LogP contribution in [0.25, 0.3) is 11.1 Å². The molecule has 0 aliphatic rings. The van der Waals surface area contributed by atoms with Crippen molar-refractivity contribution in [2.75, 3.05) is 14.2 Å². The lowest BCUT2D eigenvalue weighted by Gasteiger charge is -2.11. The number of nitrogens with zero attached hydrogens (tertiary/aromatic N) is 1. The number of ether oxygens (including phenoxy) is 2. The fraction of sp³-hybridized carbons (Fsp3) is 0.143. The van der Waals surface area contributed by atoms with Crippen LogP contribution in [0.15, 0.2) is 67.0 Å². The largest absolute Gasteiger partial charge is 0.497 e. The van der Waals surface area contributed by atoms with Gasteiger partial charge in [0.25, 0.3) is 5.91 Å². The average Bonchev–Trinajstić information content (AvgIpc) is 2.72. The first-order valence-corrected chi connectivity index (χ1v) is 8.21. The van der Waals surface area contributed by atoms with Crippen LogP contribution in [0.4, 0.5) is 0 Å². The van der Waals surface area contributed by atoms with Crippen LogP contribution in [-0.2, 0) is 6.54 Å². The quantitative estimate of drug-likeness (QED) is 0.738. The van der Waals surface area contributed by atoms with Crippen LogP contribution in [0.3, 0.4) is 0 Å². The number of aromatic nitrogens is 1. The number of benzene rings is 2. The summed E-state index contributed by atoms with van der Waals surface area (Å²) in [5.41, 5.74) is 3.52. The van der Waals surface area contributed by atoms with Crippen molar-refractivity contribution in [1.82, 2.24) is 10.3 Å². The van der Waals surface area contributed by atoms with Crippen LogP contribution < -0.4 is 14.8 Å². The van der Waals surface area contributed by atoms with Gasteiger partial charge in [0.1, 0.15) is 11.5 Å². The molecule has 1 aromatic heterocycles. The number of hydrogen-bond acceptors (Lipinski definition) is 4. The third-order valence-electron chi connectivity index (χ3n) is 4.08. The van der Waals surface area contributed by atoms with Crippen LogP contribution in [-0.4, -0.2) is 25.1 Å². The van der Waals surface area contributed by atoms with Gasteiger partial charge in [-0.2, -0.15) is 0 Å². The summed E-state index contributed by atoms with van der Waals surface area (Å²) in [6.07, 6.45) is 3.53. The van der Waals surface area contributed by atoms with Crippen molar-refractivity contribution in [2.45, 2.75) is 6.54 Å². The average molecular weight is 348 g/mol. The number of carbonyl (C=O) groups excluding carboxylic acids is 1. The van der Waals surface area contributed by atoms with E-state index in [4.69, 9.17) is 9.47 Å². The van der Waals surface area contributed by atoms with E-state index in [0.717, 1.165) is 16.7 Å². The normalized spacial score (nSPS) is 10.2. The van der Waals surface area contributed by atoms with Crippen molar-refractivity contribution in [3.05, 3.63) is 78.1 Å². The van der Waals surface area contributed by atoms with Crippen molar-refractivity contribution in [3.63, 3.8) is 0 Å². The molecule has 1 N–H and O–H groups in total. The summed E-state index contributed by atoms with van der Waals surface area (Å²) in [5, 5.41) is 2.91. The van der Waals surface area contributed by atoms with Gasteiger partial charge >= 0.3 is 0 Å². The number of amides is 1.